The first-order valence-electron chi connectivity index (χ1n) is 7.24. The molecule has 1 nitrogen and oxygen atoms in total. The topological polar surface area (TPSA) is 12.0 Å². The molecule has 3 rings (SSSR count). The molecule has 20 heavy (non-hydrogen) atoms. The number of benzene rings is 1. The van der Waals surface area contributed by atoms with Crippen LogP contribution in [0, 0.1) is 6.92 Å². The Morgan fingerprint density at radius 2 is 1.75 bits per heavy atom. The SMILES string of the molecule is CC1=C(C)c2c(C)c3c(cc2=[C]1)C=CC=3NC(C)(C)C. The molecule has 1 heteroatoms. The molecule has 0 atom stereocenters. The molecular weight excluding hydrogens is 242 g/mol. The maximum atomic E-state index is 3.63. The van der Waals surface area contributed by atoms with Crippen LogP contribution in [-0.4, -0.2) is 5.54 Å². The number of hydrogen-bond donors (Lipinski definition) is 1. The van der Waals surface area contributed by atoms with Gasteiger partial charge in [0.1, 0.15) is 0 Å². The van der Waals surface area contributed by atoms with Crippen LogP contribution in [-0.2, 0) is 0 Å². The fourth-order valence-electron chi connectivity index (χ4n) is 3.16. The van der Waals surface area contributed by atoms with Crippen molar-refractivity contribution in [1.29, 1.82) is 0 Å². The molecule has 1 aromatic rings. The minimum atomic E-state index is 0.0752. The third-order valence-electron chi connectivity index (χ3n) is 4.08. The van der Waals surface area contributed by atoms with Crippen LogP contribution in [0.15, 0.2) is 17.7 Å². The summed E-state index contributed by atoms with van der Waals surface area (Å²) in [5.74, 6) is 0. The first-order chi connectivity index (χ1) is 9.28. The summed E-state index contributed by atoms with van der Waals surface area (Å²) < 4.78 is 0. The Bertz CT molecular complexity index is 781. The summed E-state index contributed by atoms with van der Waals surface area (Å²) in [6, 6.07) is 2.27. The Hall–Kier alpha value is -1.76. The number of fused-ring (bicyclic) bond motifs is 2. The Kier molecular flexibility index (Phi) is 2.72. The molecule has 0 heterocycles. The number of rotatable bonds is 1. The van der Waals surface area contributed by atoms with Crippen LogP contribution in [0.5, 0.6) is 0 Å². The van der Waals surface area contributed by atoms with Gasteiger partial charge in [0.2, 0.25) is 0 Å². The van der Waals surface area contributed by atoms with E-state index in [0.29, 0.717) is 0 Å². The predicted octanol–water partition coefficient (Wildman–Crippen LogP) is 2.98. The molecule has 0 saturated heterocycles. The van der Waals surface area contributed by atoms with E-state index in [9.17, 15) is 0 Å². The second kappa shape index (κ2) is 4.12. The zero-order chi connectivity index (χ0) is 14.7. The Morgan fingerprint density at radius 1 is 1.05 bits per heavy atom. The normalized spacial score (nSPS) is 16.4. The number of hydrogen-bond acceptors (Lipinski definition) is 1. The van der Waals surface area contributed by atoms with Crippen LogP contribution in [0.25, 0.3) is 23.4 Å². The molecule has 2 aliphatic carbocycles. The van der Waals surface area contributed by atoms with Crippen molar-refractivity contribution in [2.24, 2.45) is 0 Å². The lowest BCUT2D eigenvalue weighted by molar-refractivity contribution is 0.501. The average Bonchev–Trinajstić information content (AvgIpc) is 2.81. The van der Waals surface area contributed by atoms with Crippen molar-refractivity contribution < 1.29 is 0 Å². The lowest BCUT2D eigenvalue weighted by atomic mass is 9.97. The van der Waals surface area contributed by atoms with Gasteiger partial charge in [0.25, 0.3) is 0 Å². The van der Waals surface area contributed by atoms with Gasteiger partial charge in [0.15, 0.2) is 0 Å². The highest BCUT2D eigenvalue weighted by atomic mass is 15.0. The van der Waals surface area contributed by atoms with Gasteiger partial charge >= 0.3 is 0 Å². The quantitative estimate of drug-likeness (QED) is 0.822. The molecule has 0 aliphatic heterocycles. The average molecular weight is 264 g/mol. The van der Waals surface area contributed by atoms with Gasteiger partial charge in [-0.15, -0.1) is 0 Å². The van der Waals surface area contributed by atoms with Crippen molar-refractivity contribution in [2.45, 2.75) is 47.1 Å². The lowest BCUT2D eigenvalue weighted by Gasteiger charge is -2.22. The molecule has 0 saturated carbocycles. The van der Waals surface area contributed by atoms with E-state index in [1.54, 1.807) is 0 Å². The van der Waals surface area contributed by atoms with Gasteiger partial charge in [0.05, 0.1) is 0 Å². The van der Waals surface area contributed by atoms with E-state index < -0.39 is 0 Å². The second-order valence-corrected chi connectivity index (χ2v) is 6.89. The van der Waals surface area contributed by atoms with Gasteiger partial charge in [-0.3, -0.25) is 0 Å². The second-order valence-electron chi connectivity index (χ2n) is 6.89. The zero-order valence-corrected chi connectivity index (χ0v) is 13.2. The molecule has 0 spiro atoms. The number of allylic oxidation sites excluding steroid dienone is 2. The summed E-state index contributed by atoms with van der Waals surface area (Å²) in [5, 5.41) is 6.23. The molecule has 2 aliphatic rings. The van der Waals surface area contributed by atoms with Crippen molar-refractivity contribution >= 4 is 23.4 Å². The van der Waals surface area contributed by atoms with Gasteiger partial charge in [-0.1, -0.05) is 6.08 Å². The van der Waals surface area contributed by atoms with Crippen LogP contribution in [0.1, 0.15) is 51.3 Å². The summed E-state index contributed by atoms with van der Waals surface area (Å²) in [7, 11) is 0. The van der Waals surface area contributed by atoms with E-state index in [0.717, 1.165) is 0 Å². The standard InChI is InChI=1S/C19H22N/c1-11-9-15-10-14-7-8-16(20-19(4,5)6)18(14)13(3)17(15)12(11)2/h7-8,10,20H,1-6H3. The highest BCUT2D eigenvalue weighted by Crippen LogP contribution is 2.25. The van der Waals surface area contributed by atoms with Crippen molar-refractivity contribution in [1.82, 2.24) is 5.32 Å². The third kappa shape index (κ3) is 1.93. The van der Waals surface area contributed by atoms with Crippen molar-refractivity contribution in [3.63, 3.8) is 0 Å². The molecule has 0 unspecified atom stereocenters. The van der Waals surface area contributed by atoms with E-state index in [1.807, 2.05) is 0 Å². The molecule has 1 aromatic carbocycles. The zero-order valence-electron chi connectivity index (χ0n) is 13.2. The molecule has 0 aromatic heterocycles. The highest BCUT2D eigenvalue weighted by Gasteiger charge is 2.19. The Morgan fingerprint density at radius 3 is 2.40 bits per heavy atom. The molecule has 0 bridgehead atoms. The van der Waals surface area contributed by atoms with Crippen molar-refractivity contribution in [2.75, 3.05) is 0 Å². The molecule has 1 radical (unpaired) electrons. The summed E-state index contributed by atoms with van der Waals surface area (Å²) in [6.45, 7) is 13.2. The summed E-state index contributed by atoms with van der Waals surface area (Å²) in [4.78, 5) is 0. The molecule has 0 fully saturated rings. The maximum Gasteiger partial charge on any atom is 0.0426 e. The van der Waals surface area contributed by atoms with Crippen LogP contribution >= 0.6 is 0 Å². The Balaban J connectivity index is 2.30. The predicted molar refractivity (Wildman–Crippen MR) is 87.4 cm³/mol. The summed E-state index contributed by atoms with van der Waals surface area (Å²) >= 11 is 0. The highest BCUT2D eigenvalue weighted by molar-refractivity contribution is 5.86. The van der Waals surface area contributed by atoms with Gasteiger partial charge in [-0.25, -0.2) is 0 Å². The lowest BCUT2D eigenvalue weighted by Crippen LogP contribution is -2.37. The van der Waals surface area contributed by atoms with Gasteiger partial charge in [-0.05, 0) is 92.8 Å². The van der Waals surface area contributed by atoms with Crippen molar-refractivity contribution in [3.05, 3.63) is 44.8 Å². The molecule has 0 amide bonds. The van der Waals surface area contributed by atoms with E-state index in [2.05, 4.69) is 71.2 Å². The largest absolute Gasteiger partial charge is 0.380 e. The smallest absolute Gasteiger partial charge is 0.0426 e. The first-order valence-corrected chi connectivity index (χ1v) is 7.24. The van der Waals surface area contributed by atoms with E-state index in [-0.39, 0.29) is 5.54 Å². The van der Waals surface area contributed by atoms with Crippen LogP contribution in [0.3, 0.4) is 0 Å². The number of nitrogens with one attached hydrogen (secondary N) is 1. The van der Waals surface area contributed by atoms with Crippen molar-refractivity contribution in [3.8, 4) is 0 Å². The minimum absolute atomic E-state index is 0.0752. The maximum absolute atomic E-state index is 3.63. The van der Waals surface area contributed by atoms with Gasteiger partial charge in [0, 0.05) is 16.5 Å². The summed E-state index contributed by atoms with van der Waals surface area (Å²) in [5.41, 5.74) is 8.00. The van der Waals surface area contributed by atoms with E-state index >= 15 is 0 Å². The van der Waals surface area contributed by atoms with Crippen LogP contribution in [0.4, 0.5) is 0 Å². The fourth-order valence-corrected chi connectivity index (χ4v) is 3.16. The first kappa shape index (κ1) is 13.2. The molecule has 103 valence electrons. The van der Waals surface area contributed by atoms with E-state index in [1.165, 1.54) is 44.0 Å². The van der Waals surface area contributed by atoms with E-state index in [4.69, 9.17) is 0 Å². The fraction of sp³-hybridized carbons (Fsp3) is 0.368. The van der Waals surface area contributed by atoms with Gasteiger partial charge < -0.3 is 5.32 Å². The third-order valence-corrected chi connectivity index (χ3v) is 4.08. The summed E-state index contributed by atoms with van der Waals surface area (Å²) in [6.07, 6.45) is 7.90. The Labute approximate surface area is 121 Å². The minimum Gasteiger partial charge on any atom is -0.380 e. The molecule has 1 N–H and O–H groups in total. The van der Waals surface area contributed by atoms with Crippen LogP contribution in [0.2, 0.25) is 0 Å². The monoisotopic (exact) mass is 264 g/mol. The van der Waals surface area contributed by atoms with Crippen LogP contribution < -0.4 is 15.8 Å². The van der Waals surface area contributed by atoms with Gasteiger partial charge in [-0.2, -0.15) is 0 Å². The molecular formula is C19H22N.